The molecule has 146 valence electrons. The van der Waals surface area contributed by atoms with Crippen molar-refractivity contribution in [2.24, 2.45) is 0 Å². The van der Waals surface area contributed by atoms with Gasteiger partial charge < -0.3 is 13.6 Å². The van der Waals surface area contributed by atoms with E-state index in [-0.39, 0.29) is 0 Å². The summed E-state index contributed by atoms with van der Waals surface area (Å²) in [5, 5.41) is 0. The molecule has 3 aromatic carbocycles. The fourth-order valence-electron chi connectivity index (χ4n) is 2.55. The maximum absolute atomic E-state index is 12.6. The molecule has 28 heavy (non-hydrogen) atoms. The van der Waals surface area contributed by atoms with Crippen LogP contribution < -0.4 is 13.6 Å². The van der Waals surface area contributed by atoms with Gasteiger partial charge in [0.2, 0.25) is 7.37 Å². The number of hydrogen-bond acceptors (Lipinski definition) is 5. The van der Waals surface area contributed by atoms with Gasteiger partial charge in [-0.2, -0.15) is 0 Å². The number of para-hydroxylation sites is 1. The van der Waals surface area contributed by atoms with Gasteiger partial charge in [0.15, 0.2) is 0 Å². The van der Waals surface area contributed by atoms with Crippen LogP contribution in [-0.2, 0) is 9.13 Å². The summed E-state index contributed by atoms with van der Waals surface area (Å²) in [7, 11) is -5.87. The van der Waals surface area contributed by atoms with Gasteiger partial charge in [0.25, 0.3) is 0 Å². The van der Waals surface area contributed by atoms with Gasteiger partial charge in [-0.15, -0.1) is 0 Å². The first-order valence-electron chi connectivity index (χ1n) is 8.67. The van der Waals surface area contributed by atoms with Crippen LogP contribution in [0.2, 0.25) is 0 Å². The summed E-state index contributed by atoms with van der Waals surface area (Å²) < 4.78 is 40.7. The third-order valence-corrected chi connectivity index (χ3v) is 5.39. The summed E-state index contributed by atoms with van der Waals surface area (Å²) in [6, 6.07) is 23.5. The molecule has 0 fully saturated rings. The second kappa shape index (κ2) is 8.26. The minimum absolute atomic E-state index is 0.461. The van der Waals surface area contributed by atoms with Gasteiger partial charge in [-0.3, -0.25) is 4.57 Å². The largest absolute Gasteiger partial charge is 0.443 e. The molecule has 1 atom stereocenters. The maximum atomic E-state index is 12.6. The van der Waals surface area contributed by atoms with Gasteiger partial charge >= 0.3 is 7.60 Å². The molecule has 0 aromatic heterocycles. The Morgan fingerprint density at radius 1 is 0.536 bits per heavy atom. The average Bonchev–Trinajstić information content (AvgIpc) is 2.62. The molecule has 0 heterocycles. The smallest absolute Gasteiger partial charge is 0.427 e. The highest BCUT2D eigenvalue weighted by atomic mass is 31.2. The molecule has 0 aliphatic heterocycles. The van der Waals surface area contributed by atoms with Gasteiger partial charge in [0.1, 0.15) is 17.2 Å². The Kier molecular flexibility index (Phi) is 5.98. The van der Waals surface area contributed by atoms with Crippen molar-refractivity contribution in [2.75, 3.05) is 20.0 Å². The topological polar surface area (TPSA) is 61.8 Å². The molecule has 7 heteroatoms. The van der Waals surface area contributed by atoms with Crippen LogP contribution in [0.1, 0.15) is 0 Å². The lowest BCUT2D eigenvalue weighted by molar-refractivity contribution is 0.393. The van der Waals surface area contributed by atoms with E-state index in [1.807, 2.05) is 30.3 Å². The first-order valence-corrected chi connectivity index (χ1v) is 13.2. The molecule has 5 nitrogen and oxygen atoms in total. The third-order valence-electron chi connectivity index (χ3n) is 3.65. The minimum Gasteiger partial charge on any atom is -0.443 e. The highest BCUT2D eigenvalue weighted by Crippen LogP contribution is 2.45. The van der Waals surface area contributed by atoms with E-state index < -0.39 is 15.0 Å². The first kappa shape index (κ1) is 20.3. The fourth-order valence-corrected chi connectivity index (χ4v) is 4.23. The van der Waals surface area contributed by atoms with Crippen molar-refractivity contribution in [1.82, 2.24) is 0 Å². The minimum atomic E-state index is -3.29. The molecule has 0 N–H and O–H groups in total. The van der Waals surface area contributed by atoms with E-state index in [9.17, 15) is 9.13 Å². The molecule has 0 amide bonds. The SMILES string of the molecule is CP(C)(=O)Oc1ccc(-c2ccc(OP(C)(=O)Oc3ccccc3)cc2)cc1. The Morgan fingerprint density at radius 2 is 0.929 bits per heavy atom. The highest BCUT2D eigenvalue weighted by molar-refractivity contribution is 7.57. The molecule has 0 saturated heterocycles. The Labute approximate surface area is 165 Å². The molecule has 0 aliphatic carbocycles. The normalized spacial score (nSPS) is 13.4. The molecule has 0 spiro atoms. The summed E-state index contributed by atoms with van der Waals surface area (Å²) in [5.74, 6) is 1.53. The molecule has 3 aromatic rings. The van der Waals surface area contributed by atoms with Crippen LogP contribution in [0, 0.1) is 0 Å². The van der Waals surface area contributed by atoms with Gasteiger partial charge in [-0.25, -0.2) is 4.57 Å². The zero-order chi connectivity index (χ0) is 20.2. The van der Waals surface area contributed by atoms with Gasteiger partial charge in [-0.1, -0.05) is 42.5 Å². The number of benzene rings is 3. The highest BCUT2D eigenvalue weighted by Gasteiger charge is 2.20. The third kappa shape index (κ3) is 6.02. The van der Waals surface area contributed by atoms with E-state index in [2.05, 4.69) is 0 Å². The predicted molar refractivity (Wildman–Crippen MR) is 113 cm³/mol. The Hall–Kier alpha value is -2.48. The monoisotopic (exact) mass is 416 g/mol. The fraction of sp³-hybridized carbons (Fsp3) is 0.143. The van der Waals surface area contributed by atoms with Crippen LogP contribution in [-0.4, -0.2) is 20.0 Å². The lowest BCUT2D eigenvalue weighted by Gasteiger charge is -2.16. The van der Waals surface area contributed by atoms with Crippen molar-refractivity contribution in [1.29, 1.82) is 0 Å². The molecule has 1 unspecified atom stereocenters. The zero-order valence-corrected chi connectivity index (χ0v) is 17.7. The van der Waals surface area contributed by atoms with Crippen molar-refractivity contribution in [2.45, 2.75) is 0 Å². The van der Waals surface area contributed by atoms with E-state index in [1.54, 1.807) is 61.9 Å². The van der Waals surface area contributed by atoms with E-state index in [4.69, 9.17) is 13.6 Å². The van der Waals surface area contributed by atoms with Crippen molar-refractivity contribution in [3.63, 3.8) is 0 Å². The first-order chi connectivity index (χ1) is 13.2. The van der Waals surface area contributed by atoms with E-state index in [0.717, 1.165) is 11.1 Å². The van der Waals surface area contributed by atoms with Crippen LogP contribution >= 0.6 is 15.0 Å². The summed E-state index contributed by atoms with van der Waals surface area (Å²) >= 11 is 0. The van der Waals surface area contributed by atoms with Crippen LogP contribution in [0.5, 0.6) is 17.2 Å². The molecule has 0 bridgehead atoms. The van der Waals surface area contributed by atoms with E-state index in [1.165, 1.54) is 6.66 Å². The second-order valence-electron chi connectivity index (χ2n) is 6.66. The summed E-state index contributed by atoms with van der Waals surface area (Å²) in [6.07, 6.45) is 0. The molecule has 0 saturated carbocycles. The van der Waals surface area contributed by atoms with Gasteiger partial charge in [0, 0.05) is 13.3 Å². The Morgan fingerprint density at radius 3 is 1.36 bits per heavy atom. The maximum Gasteiger partial charge on any atom is 0.427 e. The van der Waals surface area contributed by atoms with Crippen LogP contribution in [0.3, 0.4) is 0 Å². The van der Waals surface area contributed by atoms with Crippen molar-refractivity contribution in [3.8, 4) is 28.4 Å². The molecule has 0 radical (unpaired) electrons. The zero-order valence-electron chi connectivity index (χ0n) is 15.9. The quantitative estimate of drug-likeness (QED) is 0.409. The summed E-state index contributed by atoms with van der Waals surface area (Å²) in [5.41, 5.74) is 1.94. The van der Waals surface area contributed by atoms with Gasteiger partial charge in [-0.05, 0) is 47.5 Å². The molecular formula is C21H22O5P2. The van der Waals surface area contributed by atoms with E-state index in [0.29, 0.717) is 17.2 Å². The lowest BCUT2D eigenvalue weighted by Crippen LogP contribution is -1.99. The van der Waals surface area contributed by atoms with Crippen molar-refractivity contribution >= 4 is 15.0 Å². The van der Waals surface area contributed by atoms with Crippen molar-refractivity contribution in [3.05, 3.63) is 78.9 Å². The van der Waals surface area contributed by atoms with Crippen LogP contribution in [0.25, 0.3) is 11.1 Å². The average molecular weight is 416 g/mol. The van der Waals surface area contributed by atoms with Crippen LogP contribution in [0.4, 0.5) is 0 Å². The number of hydrogen-bond donors (Lipinski definition) is 0. The predicted octanol–water partition coefficient (Wildman–Crippen LogP) is 6.55. The summed E-state index contributed by atoms with van der Waals surface area (Å²) in [4.78, 5) is 0. The second-order valence-corrected chi connectivity index (χ2v) is 11.3. The van der Waals surface area contributed by atoms with E-state index >= 15 is 0 Å². The Balaban J connectivity index is 1.68. The van der Waals surface area contributed by atoms with Gasteiger partial charge in [0.05, 0.1) is 6.66 Å². The molecule has 0 aliphatic rings. The molecule has 3 rings (SSSR count). The standard InChI is InChI=1S/C21H22O5P2/c1-27(2,22)24-20-13-9-17(10-14-20)18-11-15-21(16-12-18)26-28(3,23)25-19-7-5-4-6-8-19/h4-16H,1-3H3. The summed E-state index contributed by atoms with van der Waals surface area (Å²) in [6.45, 7) is 4.59. The van der Waals surface area contributed by atoms with Crippen LogP contribution in [0.15, 0.2) is 78.9 Å². The Bertz CT molecular complexity index is 1010. The van der Waals surface area contributed by atoms with Crippen molar-refractivity contribution < 1.29 is 22.7 Å². The number of rotatable bonds is 7. The molecular weight excluding hydrogens is 394 g/mol. The lowest BCUT2D eigenvalue weighted by atomic mass is 10.1.